The fourth-order valence-corrected chi connectivity index (χ4v) is 1.68. The van der Waals surface area contributed by atoms with Crippen molar-refractivity contribution in [3.05, 3.63) is 35.4 Å². The first-order valence-corrected chi connectivity index (χ1v) is 5.69. The van der Waals surface area contributed by atoms with Crippen LogP contribution >= 0.6 is 0 Å². The van der Waals surface area contributed by atoms with Crippen LogP contribution in [0.15, 0.2) is 18.2 Å². The van der Waals surface area contributed by atoms with Gasteiger partial charge < -0.3 is 5.73 Å². The van der Waals surface area contributed by atoms with Gasteiger partial charge in [0, 0.05) is 12.0 Å². The largest absolute Gasteiger partial charge is 0.319 e. The normalized spacial score (nSPS) is 11.6. The van der Waals surface area contributed by atoms with Crippen molar-refractivity contribution in [1.29, 1.82) is 0 Å². The first-order chi connectivity index (χ1) is 7.94. The van der Waals surface area contributed by atoms with Crippen LogP contribution < -0.4 is 5.73 Å². The van der Waals surface area contributed by atoms with E-state index in [-0.39, 0.29) is 17.8 Å². The summed E-state index contributed by atoms with van der Waals surface area (Å²) in [7, 11) is 0. The third-order valence-corrected chi connectivity index (χ3v) is 3.22. The van der Waals surface area contributed by atoms with Crippen LogP contribution in [-0.4, -0.2) is 11.3 Å². The number of carbonyl (C=O) groups is 1. The Kier molecular flexibility index (Phi) is 4.34. The van der Waals surface area contributed by atoms with Crippen LogP contribution in [0.1, 0.15) is 32.3 Å². The molecule has 2 nitrogen and oxygen atoms in total. The van der Waals surface area contributed by atoms with Crippen molar-refractivity contribution in [1.82, 2.24) is 0 Å². The molecule has 4 heteroatoms. The molecule has 0 atom stereocenters. The molecule has 0 aliphatic carbocycles. The minimum atomic E-state index is -0.991. The highest BCUT2D eigenvalue weighted by Crippen LogP contribution is 2.19. The van der Waals surface area contributed by atoms with Gasteiger partial charge in [0.15, 0.2) is 5.78 Å². The molecule has 0 bridgehead atoms. The Morgan fingerprint density at radius 3 is 2.12 bits per heavy atom. The van der Waals surface area contributed by atoms with Crippen LogP contribution in [0.2, 0.25) is 0 Å². The molecule has 2 N–H and O–H groups in total. The number of halogens is 2. The number of benzene rings is 1. The molecule has 0 aliphatic heterocycles. The number of nitrogens with two attached hydrogens (primary N) is 1. The standard InChI is InChI=1S/C13H17F2NO/c1-3-13(16,4-2)12(17)8-9-10(14)6-5-7-11(9)15/h5-7H,3-4,8,16H2,1-2H3. The number of hydrogen-bond acceptors (Lipinski definition) is 2. The lowest BCUT2D eigenvalue weighted by atomic mass is 9.86. The molecular formula is C13H17F2NO. The Labute approximate surface area is 99.8 Å². The van der Waals surface area contributed by atoms with Crippen LogP contribution in [-0.2, 0) is 11.2 Å². The van der Waals surface area contributed by atoms with E-state index in [4.69, 9.17) is 5.73 Å². The van der Waals surface area contributed by atoms with Gasteiger partial charge in [-0.1, -0.05) is 19.9 Å². The van der Waals surface area contributed by atoms with Crippen molar-refractivity contribution < 1.29 is 13.6 Å². The SMILES string of the molecule is CCC(N)(CC)C(=O)Cc1c(F)cccc1F. The van der Waals surface area contributed by atoms with E-state index in [9.17, 15) is 13.6 Å². The van der Waals surface area contributed by atoms with Gasteiger partial charge in [-0.2, -0.15) is 0 Å². The van der Waals surface area contributed by atoms with Crippen molar-refractivity contribution >= 4 is 5.78 Å². The lowest BCUT2D eigenvalue weighted by Gasteiger charge is -2.25. The molecule has 0 radical (unpaired) electrons. The maximum atomic E-state index is 13.4. The van der Waals surface area contributed by atoms with Crippen molar-refractivity contribution in [2.45, 2.75) is 38.6 Å². The van der Waals surface area contributed by atoms with E-state index in [0.717, 1.165) is 12.1 Å². The molecule has 1 aromatic rings. The fraction of sp³-hybridized carbons (Fsp3) is 0.462. The lowest BCUT2D eigenvalue weighted by Crippen LogP contribution is -2.47. The topological polar surface area (TPSA) is 43.1 Å². The Balaban J connectivity index is 2.96. The summed E-state index contributed by atoms with van der Waals surface area (Å²) in [5.74, 6) is -1.73. The zero-order valence-corrected chi connectivity index (χ0v) is 10.1. The van der Waals surface area contributed by atoms with Crippen LogP contribution in [0.4, 0.5) is 8.78 Å². The molecule has 94 valence electrons. The fourth-order valence-electron chi connectivity index (χ4n) is 1.68. The summed E-state index contributed by atoms with van der Waals surface area (Å²) in [4.78, 5) is 11.9. The number of rotatable bonds is 5. The maximum absolute atomic E-state index is 13.4. The molecule has 0 fully saturated rings. The predicted molar refractivity (Wildman–Crippen MR) is 62.6 cm³/mol. The van der Waals surface area contributed by atoms with Gasteiger partial charge in [-0.05, 0) is 25.0 Å². The summed E-state index contributed by atoms with van der Waals surface area (Å²) in [5.41, 5.74) is 4.70. The molecule has 0 heterocycles. The van der Waals surface area contributed by atoms with Gasteiger partial charge in [-0.3, -0.25) is 4.79 Å². The van der Waals surface area contributed by atoms with E-state index in [1.807, 2.05) is 0 Å². The van der Waals surface area contributed by atoms with Crippen LogP contribution in [0, 0.1) is 11.6 Å². The highest BCUT2D eigenvalue weighted by atomic mass is 19.1. The summed E-state index contributed by atoms with van der Waals surface area (Å²) >= 11 is 0. The van der Waals surface area contributed by atoms with Gasteiger partial charge in [0.1, 0.15) is 11.6 Å². The molecule has 0 saturated carbocycles. The molecule has 1 rings (SSSR count). The summed E-state index contributed by atoms with van der Waals surface area (Å²) in [6.07, 6.45) is 0.619. The average Bonchev–Trinajstić information content (AvgIpc) is 2.32. The predicted octanol–water partition coefficient (Wildman–Crippen LogP) is 2.59. The second-order valence-electron chi connectivity index (χ2n) is 4.16. The van der Waals surface area contributed by atoms with Gasteiger partial charge in [0.25, 0.3) is 0 Å². The summed E-state index contributed by atoms with van der Waals surface area (Å²) in [6, 6.07) is 3.55. The maximum Gasteiger partial charge on any atom is 0.157 e. The van der Waals surface area contributed by atoms with E-state index in [0.29, 0.717) is 12.8 Å². The molecule has 0 unspecified atom stereocenters. The number of Topliss-reactive ketones (excluding diaryl/α,β-unsaturated/α-hetero) is 1. The summed E-state index contributed by atoms with van der Waals surface area (Å²) in [5, 5.41) is 0. The van der Waals surface area contributed by atoms with Gasteiger partial charge in [0.05, 0.1) is 5.54 Å². The summed E-state index contributed by atoms with van der Waals surface area (Å²) in [6.45, 7) is 3.58. The lowest BCUT2D eigenvalue weighted by molar-refractivity contribution is -0.123. The van der Waals surface area contributed by atoms with Crippen LogP contribution in [0.3, 0.4) is 0 Å². The summed E-state index contributed by atoms with van der Waals surface area (Å²) < 4.78 is 26.7. The zero-order chi connectivity index (χ0) is 13.1. The first kappa shape index (κ1) is 13.8. The van der Waals surface area contributed by atoms with Gasteiger partial charge in [-0.25, -0.2) is 8.78 Å². The minimum absolute atomic E-state index is 0.200. The molecule has 0 amide bonds. The van der Waals surface area contributed by atoms with Crippen LogP contribution in [0.25, 0.3) is 0 Å². The molecule has 0 saturated heterocycles. The Hall–Kier alpha value is -1.29. The molecule has 17 heavy (non-hydrogen) atoms. The number of ketones is 1. The molecule has 0 spiro atoms. The molecule has 0 aliphatic rings. The van der Waals surface area contributed by atoms with Crippen molar-refractivity contribution in [3.8, 4) is 0 Å². The van der Waals surface area contributed by atoms with Crippen molar-refractivity contribution in [2.75, 3.05) is 0 Å². The second-order valence-corrected chi connectivity index (χ2v) is 4.16. The average molecular weight is 241 g/mol. The number of carbonyl (C=O) groups excluding carboxylic acids is 1. The second kappa shape index (κ2) is 5.36. The minimum Gasteiger partial charge on any atom is -0.319 e. The van der Waals surface area contributed by atoms with Crippen molar-refractivity contribution in [3.63, 3.8) is 0 Å². The highest BCUT2D eigenvalue weighted by molar-refractivity contribution is 5.89. The van der Waals surface area contributed by atoms with Gasteiger partial charge in [0.2, 0.25) is 0 Å². The third kappa shape index (κ3) is 2.88. The quantitative estimate of drug-likeness (QED) is 0.861. The van der Waals surface area contributed by atoms with E-state index in [1.165, 1.54) is 6.07 Å². The van der Waals surface area contributed by atoms with E-state index in [2.05, 4.69) is 0 Å². The highest BCUT2D eigenvalue weighted by Gasteiger charge is 2.30. The van der Waals surface area contributed by atoms with Gasteiger partial charge >= 0.3 is 0 Å². The number of hydrogen-bond donors (Lipinski definition) is 1. The van der Waals surface area contributed by atoms with Crippen LogP contribution in [0.5, 0.6) is 0 Å². The van der Waals surface area contributed by atoms with E-state index in [1.54, 1.807) is 13.8 Å². The monoisotopic (exact) mass is 241 g/mol. The smallest absolute Gasteiger partial charge is 0.157 e. The Bertz CT molecular complexity index is 394. The first-order valence-electron chi connectivity index (χ1n) is 5.69. The molecule has 1 aromatic carbocycles. The van der Waals surface area contributed by atoms with Crippen molar-refractivity contribution in [2.24, 2.45) is 5.73 Å². The molecular weight excluding hydrogens is 224 g/mol. The Morgan fingerprint density at radius 2 is 1.71 bits per heavy atom. The van der Waals surface area contributed by atoms with Gasteiger partial charge in [-0.15, -0.1) is 0 Å². The Morgan fingerprint density at radius 1 is 1.24 bits per heavy atom. The van der Waals surface area contributed by atoms with E-state index < -0.39 is 17.2 Å². The third-order valence-electron chi connectivity index (χ3n) is 3.22. The molecule has 0 aromatic heterocycles. The van der Waals surface area contributed by atoms with E-state index >= 15 is 0 Å². The zero-order valence-electron chi connectivity index (χ0n) is 10.1.